The zero-order valence-corrected chi connectivity index (χ0v) is 7.95. The Bertz CT molecular complexity index is 262. The minimum absolute atomic E-state index is 0.634. The number of nitrogens with one attached hydrogen (secondary N) is 2. The van der Waals surface area contributed by atoms with Crippen LogP contribution in [0.1, 0.15) is 12.1 Å². The molecule has 2 heterocycles. The van der Waals surface area contributed by atoms with E-state index in [0.29, 0.717) is 6.04 Å². The van der Waals surface area contributed by atoms with Gasteiger partial charge in [-0.1, -0.05) is 0 Å². The zero-order valence-electron chi connectivity index (χ0n) is 7.95. The third-order valence-corrected chi connectivity index (χ3v) is 2.55. The summed E-state index contributed by atoms with van der Waals surface area (Å²) < 4.78 is 1.91. The quantitative estimate of drug-likeness (QED) is 0.681. The van der Waals surface area contributed by atoms with E-state index >= 15 is 0 Å². The number of nitrogens with zero attached hydrogens (tertiary/aromatic N) is 2. The highest BCUT2D eigenvalue weighted by Gasteiger charge is 2.13. The predicted octanol–water partition coefficient (Wildman–Crippen LogP) is -0.128. The summed E-state index contributed by atoms with van der Waals surface area (Å²) >= 11 is 0. The molecular formula is C9H16N4. The van der Waals surface area contributed by atoms with Crippen LogP contribution in [0.15, 0.2) is 12.3 Å². The summed E-state index contributed by atoms with van der Waals surface area (Å²) in [7, 11) is 1.98. The monoisotopic (exact) mass is 180 g/mol. The Hall–Kier alpha value is -0.870. The molecule has 2 N–H and O–H groups in total. The molecule has 72 valence electrons. The number of aryl methyl sites for hydroxylation is 1. The summed E-state index contributed by atoms with van der Waals surface area (Å²) in [5.41, 5.74) is 1.24. The molecule has 4 heteroatoms. The second-order valence-corrected chi connectivity index (χ2v) is 3.52. The Morgan fingerprint density at radius 3 is 3.31 bits per heavy atom. The molecule has 2 rings (SSSR count). The molecule has 0 radical (unpaired) electrons. The maximum atomic E-state index is 4.12. The topological polar surface area (TPSA) is 41.9 Å². The normalized spacial score (nSPS) is 22.4. The summed E-state index contributed by atoms with van der Waals surface area (Å²) in [4.78, 5) is 0. The summed E-state index contributed by atoms with van der Waals surface area (Å²) in [5.74, 6) is 0. The second kappa shape index (κ2) is 3.89. The lowest BCUT2D eigenvalue weighted by atomic mass is 10.2. The van der Waals surface area contributed by atoms with Crippen LogP contribution in [0.3, 0.4) is 0 Å². The van der Waals surface area contributed by atoms with E-state index in [9.17, 15) is 0 Å². The number of hydrogen-bond acceptors (Lipinski definition) is 3. The van der Waals surface area contributed by atoms with Gasteiger partial charge in [-0.25, -0.2) is 0 Å². The fourth-order valence-corrected chi connectivity index (χ4v) is 1.65. The third-order valence-electron chi connectivity index (χ3n) is 2.55. The van der Waals surface area contributed by atoms with Crippen LogP contribution in [-0.4, -0.2) is 28.9 Å². The molecule has 1 aromatic rings. The van der Waals surface area contributed by atoms with Crippen molar-refractivity contribution in [3.63, 3.8) is 0 Å². The van der Waals surface area contributed by atoms with Crippen LogP contribution in [0.2, 0.25) is 0 Å². The first-order valence-electron chi connectivity index (χ1n) is 4.77. The Morgan fingerprint density at radius 2 is 2.69 bits per heavy atom. The predicted molar refractivity (Wildman–Crippen MR) is 51.3 cm³/mol. The van der Waals surface area contributed by atoms with Gasteiger partial charge >= 0.3 is 0 Å². The Labute approximate surface area is 78.3 Å². The number of aromatic nitrogens is 2. The first-order chi connectivity index (χ1) is 6.36. The van der Waals surface area contributed by atoms with E-state index in [0.717, 1.165) is 19.6 Å². The van der Waals surface area contributed by atoms with Gasteiger partial charge in [0.25, 0.3) is 0 Å². The highest BCUT2D eigenvalue weighted by Crippen LogP contribution is 2.00. The Balaban J connectivity index is 1.82. The van der Waals surface area contributed by atoms with Crippen LogP contribution in [-0.2, 0) is 13.6 Å². The molecule has 0 aliphatic carbocycles. The van der Waals surface area contributed by atoms with E-state index in [-0.39, 0.29) is 0 Å². The van der Waals surface area contributed by atoms with Gasteiger partial charge in [-0.3, -0.25) is 4.68 Å². The number of rotatable bonds is 3. The first kappa shape index (κ1) is 8.72. The van der Waals surface area contributed by atoms with Gasteiger partial charge < -0.3 is 10.6 Å². The molecule has 0 amide bonds. The van der Waals surface area contributed by atoms with Crippen molar-refractivity contribution in [2.45, 2.75) is 19.0 Å². The highest BCUT2D eigenvalue weighted by atomic mass is 15.3. The Kier molecular flexibility index (Phi) is 2.61. The van der Waals surface area contributed by atoms with Gasteiger partial charge in [-0.05, 0) is 19.0 Å². The third kappa shape index (κ3) is 2.08. The van der Waals surface area contributed by atoms with E-state index in [2.05, 4.69) is 21.8 Å². The van der Waals surface area contributed by atoms with Crippen LogP contribution >= 0.6 is 0 Å². The van der Waals surface area contributed by atoms with Crippen molar-refractivity contribution >= 4 is 0 Å². The summed E-state index contributed by atoms with van der Waals surface area (Å²) in [6.45, 7) is 3.16. The Morgan fingerprint density at radius 1 is 1.77 bits per heavy atom. The van der Waals surface area contributed by atoms with Gasteiger partial charge in [-0.15, -0.1) is 0 Å². The van der Waals surface area contributed by atoms with Crippen molar-refractivity contribution in [3.8, 4) is 0 Å². The van der Waals surface area contributed by atoms with Gasteiger partial charge in [-0.2, -0.15) is 5.10 Å². The van der Waals surface area contributed by atoms with Crippen molar-refractivity contribution in [1.82, 2.24) is 20.4 Å². The molecule has 0 saturated carbocycles. The average molecular weight is 180 g/mol. The second-order valence-electron chi connectivity index (χ2n) is 3.52. The van der Waals surface area contributed by atoms with Crippen molar-refractivity contribution in [2.24, 2.45) is 7.05 Å². The molecule has 1 aliphatic rings. The van der Waals surface area contributed by atoms with Crippen LogP contribution in [0.4, 0.5) is 0 Å². The lowest BCUT2D eigenvalue weighted by molar-refractivity contribution is 0.527. The summed E-state index contributed by atoms with van der Waals surface area (Å²) in [5, 5.41) is 11.0. The van der Waals surface area contributed by atoms with Gasteiger partial charge in [0.1, 0.15) is 0 Å². The van der Waals surface area contributed by atoms with Crippen LogP contribution < -0.4 is 10.6 Å². The van der Waals surface area contributed by atoms with Crippen molar-refractivity contribution in [3.05, 3.63) is 18.0 Å². The molecule has 13 heavy (non-hydrogen) atoms. The molecule has 1 atom stereocenters. The fraction of sp³-hybridized carbons (Fsp3) is 0.667. The lowest BCUT2D eigenvalue weighted by Crippen LogP contribution is -2.31. The average Bonchev–Trinajstić information content (AvgIpc) is 2.72. The molecule has 1 saturated heterocycles. The summed E-state index contributed by atoms with van der Waals surface area (Å²) in [6.07, 6.45) is 3.07. The van der Waals surface area contributed by atoms with Gasteiger partial charge in [0.2, 0.25) is 0 Å². The number of hydrogen-bond donors (Lipinski definition) is 2. The van der Waals surface area contributed by atoms with Crippen molar-refractivity contribution in [2.75, 3.05) is 13.1 Å². The van der Waals surface area contributed by atoms with Gasteiger partial charge in [0.05, 0.1) is 5.69 Å². The molecule has 0 spiro atoms. The van der Waals surface area contributed by atoms with Crippen LogP contribution in [0, 0.1) is 0 Å². The molecule has 1 aromatic heterocycles. The minimum Gasteiger partial charge on any atom is -0.315 e. The molecule has 1 aliphatic heterocycles. The van der Waals surface area contributed by atoms with Gasteiger partial charge in [0, 0.05) is 32.4 Å². The SMILES string of the molecule is Cn1nccc1CNC1CCNC1. The molecule has 0 aromatic carbocycles. The lowest BCUT2D eigenvalue weighted by Gasteiger charge is -2.10. The van der Waals surface area contributed by atoms with E-state index in [4.69, 9.17) is 0 Å². The van der Waals surface area contributed by atoms with Gasteiger partial charge in [0.15, 0.2) is 0 Å². The van der Waals surface area contributed by atoms with E-state index in [1.54, 1.807) is 0 Å². The summed E-state index contributed by atoms with van der Waals surface area (Å²) in [6, 6.07) is 2.69. The maximum Gasteiger partial charge on any atom is 0.0518 e. The molecule has 1 unspecified atom stereocenters. The van der Waals surface area contributed by atoms with Crippen LogP contribution in [0.25, 0.3) is 0 Å². The highest BCUT2D eigenvalue weighted by molar-refractivity contribution is 4.99. The standard InChI is InChI=1S/C9H16N4/c1-13-9(3-5-12-13)7-11-8-2-4-10-6-8/h3,5,8,10-11H,2,4,6-7H2,1H3. The molecule has 0 bridgehead atoms. The molecule has 4 nitrogen and oxygen atoms in total. The molecular weight excluding hydrogens is 164 g/mol. The van der Waals surface area contributed by atoms with E-state index < -0.39 is 0 Å². The van der Waals surface area contributed by atoms with E-state index in [1.807, 2.05) is 17.9 Å². The van der Waals surface area contributed by atoms with E-state index in [1.165, 1.54) is 12.1 Å². The largest absolute Gasteiger partial charge is 0.315 e. The maximum absolute atomic E-state index is 4.12. The minimum atomic E-state index is 0.634. The fourth-order valence-electron chi connectivity index (χ4n) is 1.65. The molecule has 1 fully saturated rings. The van der Waals surface area contributed by atoms with Crippen molar-refractivity contribution < 1.29 is 0 Å². The smallest absolute Gasteiger partial charge is 0.0518 e. The van der Waals surface area contributed by atoms with Crippen LogP contribution in [0.5, 0.6) is 0 Å². The van der Waals surface area contributed by atoms with Crippen molar-refractivity contribution in [1.29, 1.82) is 0 Å². The first-order valence-corrected chi connectivity index (χ1v) is 4.77. The zero-order chi connectivity index (χ0) is 9.10.